The minimum atomic E-state index is -0.539. The molecule has 2 atom stereocenters. The zero-order valence-electron chi connectivity index (χ0n) is 10.4. The van der Waals surface area contributed by atoms with Crippen LogP contribution in [0.5, 0.6) is 0 Å². The summed E-state index contributed by atoms with van der Waals surface area (Å²) >= 11 is 0. The summed E-state index contributed by atoms with van der Waals surface area (Å²) in [7, 11) is 1.72. The summed E-state index contributed by atoms with van der Waals surface area (Å²) in [5, 5.41) is 0. The van der Waals surface area contributed by atoms with Gasteiger partial charge in [0.25, 0.3) is 5.91 Å². The molecule has 0 aromatic heterocycles. The summed E-state index contributed by atoms with van der Waals surface area (Å²) in [5.74, 6) is -0.425. The van der Waals surface area contributed by atoms with Gasteiger partial charge in [0, 0.05) is 12.8 Å². The van der Waals surface area contributed by atoms with Crippen molar-refractivity contribution in [3.8, 4) is 0 Å². The third-order valence-corrected chi connectivity index (χ3v) is 2.93. The number of carbonyl (C=O) groups excluding carboxylic acids is 2. The number of ether oxygens (including phenoxy) is 1. The molecule has 1 aliphatic rings. The van der Waals surface area contributed by atoms with E-state index in [2.05, 4.69) is 0 Å². The van der Waals surface area contributed by atoms with Crippen molar-refractivity contribution in [3.05, 3.63) is 0 Å². The van der Waals surface area contributed by atoms with Crippen LogP contribution in [-0.2, 0) is 9.53 Å². The maximum atomic E-state index is 12.0. The third kappa shape index (κ3) is 2.52. The Morgan fingerprint density at radius 2 is 1.94 bits per heavy atom. The van der Waals surface area contributed by atoms with Crippen molar-refractivity contribution in [2.45, 2.75) is 45.3 Å². The third-order valence-electron chi connectivity index (χ3n) is 2.93. The normalized spacial score (nSPS) is 30.1. The van der Waals surface area contributed by atoms with Gasteiger partial charge in [-0.3, -0.25) is 4.79 Å². The number of rotatable bonds is 1. The van der Waals surface area contributed by atoms with Crippen LogP contribution in [0.4, 0.5) is 4.79 Å². The molecule has 0 saturated carbocycles. The number of hydrogen-bond acceptors (Lipinski definition) is 3. The largest absolute Gasteiger partial charge is 0.516 e. The van der Waals surface area contributed by atoms with E-state index in [1.807, 2.05) is 20.8 Å². The van der Waals surface area contributed by atoms with Crippen LogP contribution in [-0.4, -0.2) is 41.7 Å². The van der Waals surface area contributed by atoms with Crippen molar-refractivity contribution in [3.63, 3.8) is 0 Å². The maximum absolute atomic E-state index is 12.0. The molecule has 1 aliphatic heterocycles. The SMILES string of the molecule is CC(C)(C)OC(=O)[N+]1(C)CCC[C@H]1C(N)=O. The van der Waals surface area contributed by atoms with E-state index in [1.54, 1.807) is 7.05 Å². The number of quaternary nitrogens is 1. The fourth-order valence-corrected chi connectivity index (χ4v) is 2.06. The molecule has 5 nitrogen and oxygen atoms in total. The van der Waals surface area contributed by atoms with Crippen LogP contribution in [0.15, 0.2) is 0 Å². The van der Waals surface area contributed by atoms with Crippen LogP contribution >= 0.6 is 0 Å². The van der Waals surface area contributed by atoms with Gasteiger partial charge < -0.3 is 10.5 Å². The predicted molar refractivity (Wildman–Crippen MR) is 59.5 cm³/mol. The van der Waals surface area contributed by atoms with Gasteiger partial charge in [-0.2, -0.15) is 4.79 Å². The monoisotopic (exact) mass is 229 g/mol. The Labute approximate surface area is 96.1 Å². The van der Waals surface area contributed by atoms with Gasteiger partial charge in [-0.25, -0.2) is 4.48 Å². The summed E-state index contributed by atoms with van der Waals surface area (Å²) in [6.07, 6.45) is 1.11. The molecule has 1 unspecified atom stereocenters. The first kappa shape index (κ1) is 13.0. The number of likely N-dealkylation sites (N-methyl/N-ethyl adjacent to an activating group) is 1. The van der Waals surface area contributed by atoms with Crippen LogP contribution < -0.4 is 5.73 Å². The molecule has 0 aromatic rings. The number of primary amides is 1. The summed E-state index contributed by atoms with van der Waals surface area (Å²) in [4.78, 5) is 23.3. The van der Waals surface area contributed by atoms with Gasteiger partial charge in [0.1, 0.15) is 5.60 Å². The van der Waals surface area contributed by atoms with Crippen molar-refractivity contribution in [1.29, 1.82) is 0 Å². The van der Waals surface area contributed by atoms with Crippen LogP contribution in [0.1, 0.15) is 33.6 Å². The zero-order chi connectivity index (χ0) is 12.6. The van der Waals surface area contributed by atoms with Crippen molar-refractivity contribution in [2.24, 2.45) is 5.73 Å². The van der Waals surface area contributed by atoms with Crippen LogP contribution in [0, 0.1) is 0 Å². The number of likely N-dealkylation sites (tertiary alicyclic amines) is 1. The van der Waals surface area contributed by atoms with Crippen molar-refractivity contribution < 1.29 is 18.8 Å². The fraction of sp³-hybridized carbons (Fsp3) is 0.818. The Hall–Kier alpha value is -1.10. The van der Waals surface area contributed by atoms with Gasteiger partial charge in [-0.1, -0.05) is 0 Å². The molecule has 1 rings (SSSR count). The van der Waals surface area contributed by atoms with E-state index in [0.29, 0.717) is 13.0 Å². The second-order valence-electron chi connectivity index (χ2n) is 5.53. The molecule has 92 valence electrons. The molecule has 1 heterocycles. The average molecular weight is 229 g/mol. The smallest absolute Gasteiger partial charge is 0.414 e. The van der Waals surface area contributed by atoms with E-state index >= 15 is 0 Å². The van der Waals surface area contributed by atoms with Crippen LogP contribution in [0.25, 0.3) is 0 Å². The van der Waals surface area contributed by atoms with Crippen molar-refractivity contribution in [2.75, 3.05) is 13.6 Å². The first-order valence-electron chi connectivity index (χ1n) is 5.55. The molecule has 2 amide bonds. The second-order valence-corrected chi connectivity index (χ2v) is 5.53. The maximum Gasteiger partial charge on any atom is 0.516 e. The van der Waals surface area contributed by atoms with Crippen molar-refractivity contribution >= 4 is 12.0 Å². The molecular formula is C11H21N2O3+. The predicted octanol–water partition coefficient (Wildman–Crippen LogP) is 1.02. The summed E-state index contributed by atoms with van der Waals surface area (Å²) < 4.78 is 5.31. The lowest BCUT2D eigenvalue weighted by molar-refractivity contribution is -0.841. The lowest BCUT2D eigenvalue weighted by atomic mass is 10.2. The highest BCUT2D eigenvalue weighted by atomic mass is 16.6. The summed E-state index contributed by atoms with van der Waals surface area (Å²) in [6, 6.07) is -0.449. The Bertz CT molecular complexity index is 309. The molecule has 1 saturated heterocycles. The molecule has 0 spiro atoms. The number of hydrogen-bond donors (Lipinski definition) is 1. The standard InChI is InChI=1S/C11H20N2O3/c1-11(2,3)16-10(15)13(4)7-5-6-8(13)9(12)14/h8H,5-7H2,1-4H3,(H-,12,14)/p+1/t8-,13?/m0/s1. The topological polar surface area (TPSA) is 69.4 Å². The Morgan fingerprint density at radius 1 is 1.38 bits per heavy atom. The molecule has 0 aromatic carbocycles. The van der Waals surface area contributed by atoms with Gasteiger partial charge >= 0.3 is 6.09 Å². The molecule has 16 heavy (non-hydrogen) atoms. The molecule has 2 N–H and O–H groups in total. The lowest BCUT2D eigenvalue weighted by Gasteiger charge is -2.32. The Morgan fingerprint density at radius 3 is 2.38 bits per heavy atom. The second kappa shape index (κ2) is 4.05. The van der Waals surface area contributed by atoms with Gasteiger partial charge in [-0.05, 0) is 20.8 Å². The molecule has 0 aliphatic carbocycles. The van der Waals surface area contributed by atoms with Crippen molar-refractivity contribution in [1.82, 2.24) is 0 Å². The lowest BCUT2D eigenvalue weighted by Crippen LogP contribution is -2.58. The van der Waals surface area contributed by atoms with E-state index < -0.39 is 17.6 Å². The minimum absolute atomic E-state index is 0.0212. The first-order valence-corrected chi connectivity index (χ1v) is 5.55. The highest BCUT2D eigenvalue weighted by Gasteiger charge is 2.50. The van der Waals surface area contributed by atoms with Gasteiger partial charge in [0.05, 0.1) is 13.6 Å². The summed E-state index contributed by atoms with van der Waals surface area (Å²) in [6.45, 7) is 6.05. The average Bonchev–Trinajstić information content (AvgIpc) is 2.45. The molecule has 5 heteroatoms. The molecular weight excluding hydrogens is 208 g/mol. The molecule has 0 radical (unpaired) electrons. The van der Waals surface area contributed by atoms with Crippen LogP contribution in [0.2, 0.25) is 0 Å². The van der Waals surface area contributed by atoms with E-state index in [0.717, 1.165) is 6.42 Å². The molecule has 1 fully saturated rings. The number of carbonyl (C=O) groups is 2. The molecule has 0 bridgehead atoms. The fourth-order valence-electron chi connectivity index (χ4n) is 2.06. The number of amides is 2. The van der Waals surface area contributed by atoms with Gasteiger partial charge in [0.2, 0.25) is 0 Å². The Balaban J connectivity index is 2.84. The van der Waals surface area contributed by atoms with E-state index in [-0.39, 0.29) is 10.6 Å². The van der Waals surface area contributed by atoms with Gasteiger partial charge in [0.15, 0.2) is 6.04 Å². The Kier molecular flexibility index (Phi) is 3.28. The minimum Gasteiger partial charge on any atom is -0.414 e. The number of nitrogens with zero attached hydrogens (tertiary/aromatic N) is 1. The highest BCUT2D eigenvalue weighted by Crippen LogP contribution is 2.27. The summed E-state index contributed by atoms with van der Waals surface area (Å²) in [5.41, 5.74) is 4.77. The van der Waals surface area contributed by atoms with E-state index in [1.165, 1.54) is 0 Å². The highest BCUT2D eigenvalue weighted by molar-refractivity contribution is 5.81. The number of nitrogens with two attached hydrogens (primary N) is 1. The first-order chi connectivity index (χ1) is 7.17. The van der Waals surface area contributed by atoms with Gasteiger partial charge in [-0.15, -0.1) is 0 Å². The zero-order valence-corrected chi connectivity index (χ0v) is 10.4. The quantitative estimate of drug-likeness (QED) is 0.682. The van der Waals surface area contributed by atoms with E-state index in [4.69, 9.17) is 10.5 Å². The van der Waals surface area contributed by atoms with E-state index in [9.17, 15) is 9.59 Å². The van der Waals surface area contributed by atoms with Crippen LogP contribution in [0.3, 0.4) is 0 Å².